The molecule has 2 heterocycles. The summed E-state index contributed by atoms with van der Waals surface area (Å²) in [5.74, 6) is 0.221. The lowest BCUT2D eigenvalue weighted by Crippen LogP contribution is -2.53. The fourth-order valence-electron chi connectivity index (χ4n) is 5.57. The lowest BCUT2D eigenvalue weighted by Gasteiger charge is -2.36. The smallest absolute Gasteiger partial charge is 0.245 e. The van der Waals surface area contributed by atoms with Crippen LogP contribution in [0.15, 0.2) is 24.3 Å². The van der Waals surface area contributed by atoms with E-state index in [2.05, 4.69) is 24.3 Å². The number of amides is 2. The minimum atomic E-state index is -0.387. The summed E-state index contributed by atoms with van der Waals surface area (Å²) in [6.45, 7) is 6.42. The number of hydrogen-bond donors (Lipinski definition) is 0. The third kappa shape index (κ3) is 4.65. The highest BCUT2D eigenvalue weighted by molar-refractivity contribution is 5.89. The quantitative estimate of drug-likeness (QED) is 0.626. The highest BCUT2D eigenvalue weighted by Gasteiger charge is 2.44. The summed E-state index contributed by atoms with van der Waals surface area (Å²) < 4.78 is 11.6. The van der Waals surface area contributed by atoms with Crippen molar-refractivity contribution in [3.8, 4) is 0 Å². The van der Waals surface area contributed by atoms with E-state index in [4.69, 9.17) is 9.47 Å². The van der Waals surface area contributed by atoms with Gasteiger partial charge in [-0.3, -0.25) is 9.59 Å². The molecule has 0 saturated carbocycles. The van der Waals surface area contributed by atoms with Gasteiger partial charge in [0.05, 0.1) is 6.04 Å². The van der Waals surface area contributed by atoms with E-state index in [1.54, 1.807) is 0 Å². The van der Waals surface area contributed by atoms with Crippen LogP contribution in [0.2, 0.25) is 0 Å². The maximum atomic E-state index is 13.6. The standard InChI is InChI=1S/C25H36N2O4/c1-3-30-25(31-4-2)22-12-8-16-27(22)24(29)21-11-7-15-26(21)23(28)20-14-13-18-9-5-6-10-19(18)17-20/h5-6,9-10,20-22,25H,3-4,7-8,11-17H2,1-2H3/t20-,21+,22+/m1/s1. The predicted octanol–water partition coefficient (Wildman–Crippen LogP) is 3.17. The molecule has 6 heteroatoms. The monoisotopic (exact) mass is 428 g/mol. The second-order valence-electron chi connectivity index (χ2n) is 8.92. The molecular weight excluding hydrogens is 392 g/mol. The average molecular weight is 429 g/mol. The number of fused-ring (bicyclic) bond motifs is 1. The summed E-state index contributed by atoms with van der Waals surface area (Å²) in [7, 11) is 0. The van der Waals surface area contributed by atoms with Crippen molar-refractivity contribution in [2.24, 2.45) is 5.92 Å². The van der Waals surface area contributed by atoms with Gasteiger partial charge in [0.25, 0.3) is 0 Å². The summed E-state index contributed by atoms with van der Waals surface area (Å²) in [5.41, 5.74) is 2.64. The molecule has 2 aliphatic heterocycles. The van der Waals surface area contributed by atoms with E-state index in [0.29, 0.717) is 19.8 Å². The Morgan fingerprint density at radius 3 is 2.35 bits per heavy atom. The first-order valence-corrected chi connectivity index (χ1v) is 12.0. The van der Waals surface area contributed by atoms with Crippen LogP contribution < -0.4 is 0 Å². The topological polar surface area (TPSA) is 59.1 Å². The first-order chi connectivity index (χ1) is 15.1. The number of nitrogens with zero attached hydrogens (tertiary/aromatic N) is 2. The fourth-order valence-corrected chi connectivity index (χ4v) is 5.57. The van der Waals surface area contributed by atoms with Gasteiger partial charge < -0.3 is 19.3 Å². The Morgan fingerprint density at radius 1 is 0.935 bits per heavy atom. The van der Waals surface area contributed by atoms with Crippen molar-refractivity contribution in [2.75, 3.05) is 26.3 Å². The molecule has 31 heavy (non-hydrogen) atoms. The Labute approximate surface area is 185 Å². The van der Waals surface area contributed by atoms with Crippen LogP contribution in [0.5, 0.6) is 0 Å². The predicted molar refractivity (Wildman–Crippen MR) is 118 cm³/mol. The summed E-state index contributed by atoms with van der Waals surface area (Å²) in [4.78, 5) is 30.9. The summed E-state index contributed by atoms with van der Waals surface area (Å²) in [5, 5.41) is 0. The van der Waals surface area contributed by atoms with E-state index in [0.717, 1.165) is 51.5 Å². The molecule has 0 bridgehead atoms. The van der Waals surface area contributed by atoms with E-state index in [-0.39, 0.29) is 36.1 Å². The third-order valence-electron chi connectivity index (χ3n) is 7.08. The molecule has 1 aromatic rings. The van der Waals surface area contributed by atoms with E-state index >= 15 is 0 Å². The van der Waals surface area contributed by atoms with E-state index in [1.807, 2.05) is 23.6 Å². The molecule has 0 N–H and O–H groups in total. The zero-order chi connectivity index (χ0) is 21.8. The molecule has 3 atom stereocenters. The number of aryl methyl sites for hydroxylation is 1. The lowest BCUT2D eigenvalue weighted by molar-refractivity contribution is -0.177. The number of rotatable bonds is 7. The highest BCUT2D eigenvalue weighted by Crippen LogP contribution is 2.32. The lowest BCUT2D eigenvalue weighted by atomic mass is 9.83. The van der Waals surface area contributed by atoms with Crippen LogP contribution >= 0.6 is 0 Å². The number of hydrogen-bond acceptors (Lipinski definition) is 4. The van der Waals surface area contributed by atoms with Crippen molar-refractivity contribution < 1.29 is 19.1 Å². The Hall–Kier alpha value is -1.92. The number of ether oxygens (including phenoxy) is 2. The van der Waals surface area contributed by atoms with Crippen molar-refractivity contribution in [3.05, 3.63) is 35.4 Å². The molecular formula is C25H36N2O4. The van der Waals surface area contributed by atoms with Gasteiger partial charge in [-0.1, -0.05) is 24.3 Å². The second kappa shape index (κ2) is 10.1. The van der Waals surface area contributed by atoms with Gasteiger partial charge in [0.2, 0.25) is 11.8 Å². The number of carbonyl (C=O) groups is 2. The number of benzene rings is 1. The van der Waals surface area contributed by atoms with Crippen LogP contribution in [0.4, 0.5) is 0 Å². The van der Waals surface area contributed by atoms with Crippen molar-refractivity contribution in [2.45, 2.75) is 77.2 Å². The molecule has 4 rings (SSSR count). The first-order valence-electron chi connectivity index (χ1n) is 12.0. The van der Waals surface area contributed by atoms with E-state index in [9.17, 15) is 9.59 Å². The van der Waals surface area contributed by atoms with Gasteiger partial charge >= 0.3 is 0 Å². The Kier molecular flexibility index (Phi) is 7.28. The molecule has 3 aliphatic rings. The van der Waals surface area contributed by atoms with Crippen molar-refractivity contribution in [3.63, 3.8) is 0 Å². The fraction of sp³-hybridized carbons (Fsp3) is 0.680. The van der Waals surface area contributed by atoms with Gasteiger partial charge in [-0.05, 0) is 69.9 Å². The van der Waals surface area contributed by atoms with Gasteiger partial charge in [0.15, 0.2) is 6.29 Å². The van der Waals surface area contributed by atoms with Gasteiger partial charge in [-0.2, -0.15) is 0 Å². The van der Waals surface area contributed by atoms with Crippen LogP contribution in [-0.4, -0.2) is 66.3 Å². The molecule has 6 nitrogen and oxygen atoms in total. The Balaban J connectivity index is 1.45. The summed E-state index contributed by atoms with van der Waals surface area (Å²) in [6, 6.07) is 8.02. The first kappa shape index (κ1) is 22.3. The van der Waals surface area contributed by atoms with Gasteiger partial charge in [-0.15, -0.1) is 0 Å². The largest absolute Gasteiger partial charge is 0.351 e. The Bertz CT molecular complexity index is 777. The molecule has 2 amide bonds. The second-order valence-corrected chi connectivity index (χ2v) is 8.92. The van der Waals surface area contributed by atoms with E-state index < -0.39 is 0 Å². The van der Waals surface area contributed by atoms with Gasteiger partial charge in [0.1, 0.15) is 6.04 Å². The van der Waals surface area contributed by atoms with Crippen LogP contribution in [0.1, 0.15) is 57.1 Å². The van der Waals surface area contributed by atoms with Gasteiger partial charge in [0, 0.05) is 32.2 Å². The molecule has 170 valence electrons. The summed E-state index contributed by atoms with van der Waals surface area (Å²) >= 11 is 0. The molecule has 0 radical (unpaired) electrons. The number of likely N-dealkylation sites (tertiary alicyclic amines) is 2. The average Bonchev–Trinajstić information content (AvgIpc) is 3.47. The number of carbonyl (C=O) groups excluding carboxylic acids is 2. The van der Waals surface area contributed by atoms with Crippen LogP contribution in [0.25, 0.3) is 0 Å². The zero-order valence-electron chi connectivity index (χ0n) is 18.9. The normalized spacial score (nSPS) is 25.8. The molecule has 1 aromatic carbocycles. The van der Waals surface area contributed by atoms with Crippen LogP contribution in [0.3, 0.4) is 0 Å². The molecule has 0 spiro atoms. The van der Waals surface area contributed by atoms with Gasteiger partial charge in [-0.25, -0.2) is 0 Å². The molecule has 2 saturated heterocycles. The van der Waals surface area contributed by atoms with Crippen LogP contribution in [0, 0.1) is 5.92 Å². The molecule has 2 fully saturated rings. The maximum absolute atomic E-state index is 13.6. The maximum Gasteiger partial charge on any atom is 0.245 e. The molecule has 0 aromatic heterocycles. The highest BCUT2D eigenvalue weighted by atomic mass is 16.7. The molecule has 1 aliphatic carbocycles. The summed E-state index contributed by atoms with van der Waals surface area (Å²) in [6.07, 6.45) is 5.70. The van der Waals surface area contributed by atoms with Crippen molar-refractivity contribution in [1.29, 1.82) is 0 Å². The minimum Gasteiger partial charge on any atom is -0.351 e. The van der Waals surface area contributed by atoms with Crippen LogP contribution in [-0.2, 0) is 31.9 Å². The Morgan fingerprint density at radius 2 is 1.61 bits per heavy atom. The minimum absolute atomic E-state index is 0.0164. The third-order valence-corrected chi connectivity index (χ3v) is 7.08. The SMILES string of the molecule is CCOC(OCC)[C@@H]1CCCN1C(=O)[C@@H]1CCCN1C(=O)[C@@H]1CCc2ccccc2C1. The molecule has 0 unspecified atom stereocenters. The van der Waals surface area contributed by atoms with Crippen molar-refractivity contribution >= 4 is 11.8 Å². The van der Waals surface area contributed by atoms with E-state index in [1.165, 1.54) is 11.1 Å². The van der Waals surface area contributed by atoms with Crippen molar-refractivity contribution in [1.82, 2.24) is 9.80 Å². The zero-order valence-corrected chi connectivity index (χ0v) is 18.9.